The average molecular weight is 376 g/mol. The summed E-state index contributed by atoms with van der Waals surface area (Å²) in [5.74, 6) is 1.26. The van der Waals surface area contributed by atoms with Crippen molar-refractivity contribution in [3.63, 3.8) is 0 Å². The predicted molar refractivity (Wildman–Crippen MR) is 105 cm³/mol. The van der Waals surface area contributed by atoms with Gasteiger partial charge in [-0.3, -0.25) is 4.79 Å². The molecule has 1 N–H and O–H groups in total. The Morgan fingerprint density at radius 1 is 1.20 bits per heavy atom. The van der Waals surface area contributed by atoms with E-state index in [1.807, 2.05) is 12.1 Å². The SMILES string of the molecule is CCN(CC)c1ccc(/C=C2\SC(=Nc3ccc(Cl)cc3)NC2=O)o1. The third kappa shape index (κ3) is 4.27. The van der Waals surface area contributed by atoms with Gasteiger partial charge in [0.2, 0.25) is 0 Å². The summed E-state index contributed by atoms with van der Waals surface area (Å²) in [6.07, 6.45) is 1.73. The molecule has 1 aromatic carbocycles. The Bertz CT molecular complexity index is 823. The molecule has 2 heterocycles. The van der Waals surface area contributed by atoms with Gasteiger partial charge >= 0.3 is 0 Å². The fourth-order valence-corrected chi connectivity index (χ4v) is 3.32. The van der Waals surface area contributed by atoms with Crippen molar-refractivity contribution < 1.29 is 9.21 Å². The molecule has 0 spiro atoms. The minimum absolute atomic E-state index is 0.182. The number of halogens is 1. The summed E-state index contributed by atoms with van der Waals surface area (Å²) in [6.45, 7) is 5.88. The zero-order valence-electron chi connectivity index (χ0n) is 14.0. The van der Waals surface area contributed by atoms with Crippen LogP contribution in [0.25, 0.3) is 6.08 Å². The van der Waals surface area contributed by atoms with E-state index in [4.69, 9.17) is 16.0 Å². The Hall–Kier alpha value is -2.18. The summed E-state index contributed by atoms with van der Waals surface area (Å²) in [4.78, 5) is 19.2. The molecule has 7 heteroatoms. The molecule has 5 nitrogen and oxygen atoms in total. The first-order valence-corrected chi connectivity index (χ1v) is 9.18. The van der Waals surface area contributed by atoms with E-state index in [9.17, 15) is 4.79 Å². The molecule has 1 aromatic heterocycles. The summed E-state index contributed by atoms with van der Waals surface area (Å²) in [5, 5.41) is 3.94. The monoisotopic (exact) mass is 375 g/mol. The molecule has 0 radical (unpaired) electrons. The maximum atomic E-state index is 12.1. The standard InChI is InChI=1S/C18H18ClN3O2S/c1-3-22(4-2)16-10-9-14(24-16)11-15-17(23)21-18(25-15)20-13-7-5-12(19)6-8-13/h5-11H,3-4H2,1-2H3,(H,20,21,23)/b15-11-. The van der Waals surface area contributed by atoms with E-state index in [1.165, 1.54) is 11.8 Å². The normalized spacial score (nSPS) is 17.3. The first-order valence-electron chi connectivity index (χ1n) is 7.99. The summed E-state index contributed by atoms with van der Waals surface area (Å²) in [7, 11) is 0. The van der Waals surface area contributed by atoms with Crippen LogP contribution in [0.5, 0.6) is 0 Å². The second kappa shape index (κ2) is 7.80. The van der Waals surface area contributed by atoms with Crippen molar-refractivity contribution in [3.8, 4) is 0 Å². The van der Waals surface area contributed by atoms with Crippen molar-refractivity contribution in [1.82, 2.24) is 5.32 Å². The number of hydrogen-bond acceptors (Lipinski definition) is 5. The fraction of sp³-hybridized carbons (Fsp3) is 0.222. The van der Waals surface area contributed by atoms with Gasteiger partial charge in [-0.1, -0.05) is 11.6 Å². The van der Waals surface area contributed by atoms with Gasteiger partial charge in [0.1, 0.15) is 5.76 Å². The van der Waals surface area contributed by atoms with Gasteiger partial charge in [0, 0.05) is 30.3 Å². The fourth-order valence-electron chi connectivity index (χ4n) is 2.37. The third-order valence-corrected chi connectivity index (χ3v) is 4.83. The van der Waals surface area contributed by atoms with Crippen molar-refractivity contribution in [2.75, 3.05) is 18.0 Å². The molecule has 0 aliphatic carbocycles. The highest BCUT2D eigenvalue weighted by atomic mass is 35.5. The van der Waals surface area contributed by atoms with Crippen LogP contribution in [0.15, 0.2) is 50.7 Å². The Labute approximate surface area is 155 Å². The van der Waals surface area contributed by atoms with Crippen molar-refractivity contribution in [2.24, 2.45) is 4.99 Å². The van der Waals surface area contributed by atoms with Crippen molar-refractivity contribution in [3.05, 3.63) is 52.1 Å². The van der Waals surface area contributed by atoms with Gasteiger partial charge < -0.3 is 14.6 Å². The average Bonchev–Trinajstić information content (AvgIpc) is 3.19. The second-order valence-electron chi connectivity index (χ2n) is 5.31. The zero-order chi connectivity index (χ0) is 17.8. The lowest BCUT2D eigenvalue weighted by Gasteiger charge is -2.16. The molecule has 0 saturated carbocycles. The minimum atomic E-state index is -0.182. The molecule has 1 fully saturated rings. The topological polar surface area (TPSA) is 57.8 Å². The number of thioether (sulfide) groups is 1. The number of furan rings is 1. The molecule has 130 valence electrons. The van der Waals surface area contributed by atoms with Crippen molar-refractivity contribution >= 4 is 52.1 Å². The molecule has 1 aliphatic rings. The summed E-state index contributed by atoms with van der Waals surface area (Å²) >= 11 is 7.15. The lowest BCUT2D eigenvalue weighted by Crippen LogP contribution is -2.20. The maximum absolute atomic E-state index is 12.1. The number of rotatable bonds is 5. The van der Waals surface area contributed by atoms with Crippen LogP contribution in [0.4, 0.5) is 11.6 Å². The summed E-state index contributed by atoms with van der Waals surface area (Å²) < 4.78 is 5.81. The number of nitrogens with zero attached hydrogens (tertiary/aromatic N) is 2. The molecule has 0 bridgehead atoms. The van der Waals surface area contributed by atoms with Crippen LogP contribution in [0.3, 0.4) is 0 Å². The van der Waals surface area contributed by atoms with E-state index in [-0.39, 0.29) is 5.91 Å². The molecule has 0 atom stereocenters. The lowest BCUT2D eigenvalue weighted by atomic mass is 10.3. The number of amides is 1. The van der Waals surface area contributed by atoms with E-state index in [1.54, 1.807) is 30.3 Å². The molecule has 2 aromatic rings. The van der Waals surface area contributed by atoms with E-state index in [0.717, 1.165) is 24.7 Å². The number of hydrogen-bond donors (Lipinski definition) is 1. The number of carbonyl (C=O) groups is 1. The number of amidine groups is 1. The van der Waals surface area contributed by atoms with Crippen LogP contribution < -0.4 is 10.2 Å². The molecule has 0 unspecified atom stereocenters. The van der Waals surface area contributed by atoms with E-state index in [2.05, 4.69) is 29.1 Å². The molecule has 1 saturated heterocycles. The Kier molecular flexibility index (Phi) is 5.50. The van der Waals surface area contributed by atoms with Crippen LogP contribution in [-0.4, -0.2) is 24.2 Å². The highest BCUT2D eigenvalue weighted by molar-refractivity contribution is 8.18. The van der Waals surface area contributed by atoms with Crippen LogP contribution in [0.2, 0.25) is 5.02 Å². The number of aliphatic imine (C=N–C) groups is 1. The molecular weight excluding hydrogens is 358 g/mol. The van der Waals surface area contributed by atoms with Gasteiger partial charge in [0.05, 0.1) is 10.6 Å². The molecular formula is C18H18ClN3O2S. The largest absolute Gasteiger partial charge is 0.441 e. The van der Waals surface area contributed by atoms with Gasteiger partial charge in [0.25, 0.3) is 5.91 Å². The smallest absolute Gasteiger partial charge is 0.264 e. The summed E-state index contributed by atoms with van der Waals surface area (Å²) in [5.41, 5.74) is 0.732. The number of anilines is 1. The quantitative estimate of drug-likeness (QED) is 0.771. The van der Waals surface area contributed by atoms with E-state index >= 15 is 0 Å². The third-order valence-electron chi connectivity index (χ3n) is 3.67. The van der Waals surface area contributed by atoms with E-state index < -0.39 is 0 Å². The van der Waals surface area contributed by atoms with Gasteiger partial charge in [-0.2, -0.15) is 0 Å². The van der Waals surface area contributed by atoms with Crippen LogP contribution in [0, 0.1) is 0 Å². The number of carbonyl (C=O) groups excluding carboxylic acids is 1. The van der Waals surface area contributed by atoms with Crippen molar-refractivity contribution in [1.29, 1.82) is 0 Å². The Morgan fingerprint density at radius 3 is 2.60 bits per heavy atom. The van der Waals surface area contributed by atoms with Crippen molar-refractivity contribution in [2.45, 2.75) is 13.8 Å². The zero-order valence-corrected chi connectivity index (χ0v) is 15.5. The summed E-state index contributed by atoms with van der Waals surface area (Å²) in [6, 6.07) is 10.9. The van der Waals surface area contributed by atoms with E-state index in [0.29, 0.717) is 20.9 Å². The first-order chi connectivity index (χ1) is 12.1. The van der Waals surface area contributed by atoms with Crippen LogP contribution in [-0.2, 0) is 4.79 Å². The minimum Gasteiger partial charge on any atom is -0.441 e. The van der Waals surface area contributed by atoms with Gasteiger partial charge in [-0.05, 0) is 55.9 Å². The molecule has 3 rings (SSSR count). The molecule has 1 aliphatic heterocycles. The Balaban J connectivity index is 1.76. The highest BCUT2D eigenvalue weighted by Gasteiger charge is 2.24. The molecule has 1 amide bonds. The van der Waals surface area contributed by atoms with Gasteiger partial charge in [0.15, 0.2) is 11.1 Å². The second-order valence-corrected chi connectivity index (χ2v) is 6.77. The maximum Gasteiger partial charge on any atom is 0.264 e. The van der Waals surface area contributed by atoms with Gasteiger partial charge in [-0.15, -0.1) is 0 Å². The lowest BCUT2D eigenvalue weighted by molar-refractivity contribution is -0.115. The van der Waals surface area contributed by atoms with Crippen LogP contribution >= 0.6 is 23.4 Å². The molecule has 25 heavy (non-hydrogen) atoms. The van der Waals surface area contributed by atoms with Gasteiger partial charge in [-0.25, -0.2) is 4.99 Å². The first kappa shape index (κ1) is 17.6. The predicted octanol–water partition coefficient (Wildman–Crippen LogP) is 4.67. The number of nitrogens with one attached hydrogen (secondary N) is 1. The Morgan fingerprint density at radius 2 is 1.92 bits per heavy atom. The number of benzene rings is 1. The highest BCUT2D eigenvalue weighted by Crippen LogP contribution is 2.29. The van der Waals surface area contributed by atoms with Crippen LogP contribution in [0.1, 0.15) is 19.6 Å².